The lowest BCUT2D eigenvalue weighted by Crippen LogP contribution is -2.08. The van der Waals surface area contributed by atoms with Crippen LogP contribution in [0, 0.1) is 0 Å². The van der Waals surface area contributed by atoms with Crippen molar-refractivity contribution in [2.45, 2.75) is 0 Å². The van der Waals surface area contributed by atoms with Crippen molar-refractivity contribution >= 4 is 23.0 Å². The normalized spacial score (nSPS) is 10.2. The molecule has 2 aromatic rings. The van der Waals surface area contributed by atoms with Gasteiger partial charge in [-0.3, -0.25) is 0 Å². The summed E-state index contributed by atoms with van der Waals surface area (Å²) in [5, 5.41) is 8.99. The predicted molar refractivity (Wildman–Crippen MR) is 68.8 cm³/mol. The van der Waals surface area contributed by atoms with E-state index in [4.69, 9.17) is 5.11 Å². The summed E-state index contributed by atoms with van der Waals surface area (Å²) in [5.74, 6) is -0.988. The van der Waals surface area contributed by atoms with Crippen LogP contribution in [-0.4, -0.2) is 30.2 Å². The van der Waals surface area contributed by atoms with Gasteiger partial charge in [0.2, 0.25) is 0 Å². The number of hydrogen-bond acceptors (Lipinski definition) is 4. The lowest BCUT2D eigenvalue weighted by molar-refractivity contribution is 0.0692. The summed E-state index contributed by atoms with van der Waals surface area (Å²) in [4.78, 5) is 17.5. The van der Waals surface area contributed by atoms with Crippen molar-refractivity contribution in [1.29, 1.82) is 0 Å². The van der Waals surface area contributed by atoms with E-state index in [1.165, 1.54) is 11.3 Å². The van der Waals surface area contributed by atoms with Crippen molar-refractivity contribution in [3.8, 4) is 10.4 Å². The van der Waals surface area contributed by atoms with E-state index >= 15 is 0 Å². The van der Waals surface area contributed by atoms with Gasteiger partial charge in [-0.2, -0.15) is 0 Å². The molecule has 0 amide bonds. The van der Waals surface area contributed by atoms with Gasteiger partial charge >= 0.3 is 5.97 Å². The maximum Gasteiger partial charge on any atom is 0.356 e. The Morgan fingerprint density at radius 1 is 1.29 bits per heavy atom. The average molecular weight is 248 g/mol. The van der Waals surface area contributed by atoms with Gasteiger partial charge < -0.3 is 10.0 Å². The second-order valence-electron chi connectivity index (χ2n) is 3.78. The van der Waals surface area contributed by atoms with Crippen LogP contribution in [0.1, 0.15) is 10.5 Å². The Balaban J connectivity index is 2.40. The number of hydrogen-bond donors (Lipinski definition) is 1. The molecule has 0 saturated heterocycles. The van der Waals surface area contributed by atoms with E-state index in [1.54, 1.807) is 5.51 Å². The summed E-state index contributed by atoms with van der Waals surface area (Å²) in [6, 6.07) is 7.74. The van der Waals surface area contributed by atoms with Crippen molar-refractivity contribution < 1.29 is 9.90 Å². The number of anilines is 1. The van der Waals surface area contributed by atoms with Crippen LogP contribution in [0.25, 0.3) is 10.4 Å². The highest BCUT2D eigenvalue weighted by molar-refractivity contribution is 7.13. The minimum absolute atomic E-state index is 0.118. The summed E-state index contributed by atoms with van der Waals surface area (Å²) in [5.41, 5.74) is 3.64. The number of nitrogens with zero attached hydrogens (tertiary/aromatic N) is 2. The number of thiazole rings is 1. The molecule has 0 spiro atoms. The van der Waals surface area contributed by atoms with Gasteiger partial charge in [-0.15, -0.1) is 11.3 Å². The van der Waals surface area contributed by atoms with Gasteiger partial charge in [-0.25, -0.2) is 9.78 Å². The van der Waals surface area contributed by atoms with Crippen molar-refractivity contribution in [2.75, 3.05) is 19.0 Å². The van der Waals surface area contributed by atoms with Crippen LogP contribution in [-0.2, 0) is 0 Å². The number of benzene rings is 1. The first-order valence-electron chi connectivity index (χ1n) is 5.04. The monoisotopic (exact) mass is 248 g/mol. The standard InChI is InChI=1S/C12H12N2O2S/c1-14(2)9-5-3-8(4-6-9)11-10(12(15)16)13-7-17-11/h3-7H,1-2H3,(H,15,16). The Hall–Kier alpha value is -1.88. The molecular formula is C12H12N2O2S. The Kier molecular flexibility index (Phi) is 3.10. The van der Waals surface area contributed by atoms with Crippen LogP contribution in [0.15, 0.2) is 29.8 Å². The van der Waals surface area contributed by atoms with Gasteiger partial charge in [0.05, 0.1) is 10.4 Å². The van der Waals surface area contributed by atoms with Gasteiger partial charge in [0.1, 0.15) is 0 Å². The van der Waals surface area contributed by atoms with Gasteiger partial charge in [0.15, 0.2) is 5.69 Å². The number of carboxylic acids is 1. The summed E-state index contributed by atoms with van der Waals surface area (Å²) >= 11 is 1.34. The molecule has 1 N–H and O–H groups in total. The highest BCUT2D eigenvalue weighted by Gasteiger charge is 2.14. The molecule has 88 valence electrons. The number of aromatic nitrogens is 1. The van der Waals surface area contributed by atoms with Crippen LogP contribution >= 0.6 is 11.3 Å². The van der Waals surface area contributed by atoms with Crippen molar-refractivity contribution in [2.24, 2.45) is 0 Å². The highest BCUT2D eigenvalue weighted by Crippen LogP contribution is 2.29. The molecule has 0 atom stereocenters. The predicted octanol–water partition coefficient (Wildman–Crippen LogP) is 2.57. The van der Waals surface area contributed by atoms with E-state index in [0.29, 0.717) is 4.88 Å². The minimum atomic E-state index is -0.988. The third kappa shape index (κ3) is 2.29. The fourth-order valence-corrected chi connectivity index (χ4v) is 2.30. The molecule has 0 aliphatic carbocycles. The second-order valence-corrected chi connectivity index (χ2v) is 4.63. The van der Waals surface area contributed by atoms with Gasteiger partial charge in [-0.05, 0) is 17.7 Å². The zero-order valence-corrected chi connectivity index (χ0v) is 10.4. The Bertz CT molecular complexity index is 532. The molecule has 4 nitrogen and oxygen atoms in total. The van der Waals surface area contributed by atoms with Gasteiger partial charge in [-0.1, -0.05) is 12.1 Å². The zero-order valence-electron chi connectivity index (χ0n) is 9.54. The Morgan fingerprint density at radius 2 is 1.94 bits per heavy atom. The van der Waals surface area contributed by atoms with E-state index < -0.39 is 5.97 Å². The molecule has 0 saturated carbocycles. The largest absolute Gasteiger partial charge is 0.476 e. The van der Waals surface area contributed by atoms with Crippen LogP contribution in [0.2, 0.25) is 0 Å². The highest BCUT2D eigenvalue weighted by atomic mass is 32.1. The molecule has 0 aliphatic rings. The molecule has 0 radical (unpaired) electrons. The third-order valence-electron chi connectivity index (χ3n) is 2.42. The van der Waals surface area contributed by atoms with Gasteiger partial charge in [0, 0.05) is 19.8 Å². The van der Waals surface area contributed by atoms with E-state index in [1.807, 2.05) is 43.3 Å². The topological polar surface area (TPSA) is 53.4 Å². The number of carbonyl (C=O) groups is 1. The van der Waals surface area contributed by atoms with E-state index in [2.05, 4.69) is 4.98 Å². The lowest BCUT2D eigenvalue weighted by Gasteiger charge is -2.12. The summed E-state index contributed by atoms with van der Waals surface area (Å²) in [6.45, 7) is 0. The molecular weight excluding hydrogens is 236 g/mol. The Labute approximate surface area is 103 Å². The zero-order chi connectivity index (χ0) is 12.4. The average Bonchev–Trinajstić information content (AvgIpc) is 2.78. The van der Waals surface area contributed by atoms with Gasteiger partial charge in [0.25, 0.3) is 0 Å². The quantitative estimate of drug-likeness (QED) is 0.907. The fraction of sp³-hybridized carbons (Fsp3) is 0.167. The minimum Gasteiger partial charge on any atom is -0.476 e. The molecule has 1 aromatic carbocycles. The summed E-state index contributed by atoms with van der Waals surface area (Å²) in [7, 11) is 3.93. The van der Waals surface area contributed by atoms with E-state index in [-0.39, 0.29) is 5.69 Å². The molecule has 17 heavy (non-hydrogen) atoms. The smallest absolute Gasteiger partial charge is 0.356 e. The number of aromatic carboxylic acids is 1. The first-order valence-corrected chi connectivity index (χ1v) is 5.92. The number of rotatable bonds is 3. The fourth-order valence-electron chi connectivity index (χ4n) is 1.51. The van der Waals surface area contributed by atoms with Crippen molar-refractivity contribution in [3.05, 3.63) is 35.5 Å². The Morgan fingerprint density at radius 3 is 2.47 bits per heavy atom. The third-order valence-corrected chi connectivity index (χ3v) is 3.29. The summed E-state index contributed by atoms with van der Waals surface area (Å²) < 4.78 is 0. The molecule has 0 fully saturated rings. The number of carboxylic acid groups (broad SMARTS) is 1. The van der Waals surface area contributed by atoms with Crippen LogP contribution < -0.4 is 4.90 Å². The van der Waals surface area contributed by atoms with Crippen LogP contribution in [0.5, 0.6) is 0 Å². The second kappa shape index (κ2) is 4.55. The lowest BCUT2D eigenvalue weighted by atomic mass is 10.1. The molecule has 0 aliphatic heterocycles. The van der Waals surface area contributed by atoms with Crippen molar-refractivity contribution in [1.82, 2.24) is 4.98 Å². The summed E-state index contributed by atoms with van der Waals surface area (Å²) in [6.07, 6.45) is 0. The molecule has 5 heteroatoms. The van der Waals surface area contributed by atoms with Crippen LogP contribution in [0.3, 0.4) is 0 Å². The first kappa shape index (κ1) is 11.6. The van der Waals surface area contributed by atoms with E-state index in [9.17, 15) is 4.79 Å². The maximum absolute atomic E-state index is 11.0. The molecule has 1 heterocycles. The first-order chi connectivity index (χ1) is 8.09. The van der Waals surface area contributed by atoms with Crippen molar-refractivity contribution in [3.63, 3.8) is 0 Å². The molecule has 2 rings (SSSR count). The van der Waals surface area contributed by atoms with E-state index in [0.717, 1.165) is 11.3 Å². The van der Waals surface area contributed by atoms with Crippen LogP contribution in [0.4, 0.5) is 5.69 Å². The molecule has 1 aromatic heterocycles. The SMILES string of the molecule is CN(C)c1ccc(-c2scnc2C(=O)O)cc1. The molecule has 0 bridgehead atoms. The molecule has 0 unspecified atom stereocenters. The maximum atomic E-state index is 11.0.